The largest absolute Gasteiger partial charge is 0.384 e. The van der Waals surface area contributed by atoms with Crippen LogP contribution < -0.4 is 5.73 Å². The highest BCUT2D eigenvalue weighted by Crippen LogP contribution is 2.36. The standard InChI is InChI=1S/C25H21FN4O2S/c1-15-7-12-19(13-16(15)2)33(31,32)23-22-25(29-21-6-4-3-5-20(21)28-22)30(24(23)27)14-17-8-10-18(26)11-9-17/h3-13H,14,27H2,1-2H3. The van der Waals surface area contributed by atoms with E-state index < -0.39 is 9.84 Å². The van der Waals surface area contributed by atoms with Crippen molar-refractivity contribution in [1.29, 1.82) is 0 Å². The fourth-order valence-electron chi connectivity index (χ4n) is 3.89. The maximum atomic E-state index is 13.8. The summed E-state index contributed by atoms with van der Waals surface area (Å²) in [7, 11) is -3.99. The Bertz CT molecular complexity index is 1640. The summed E-state index contributed by atoms with van der Waals surface area (Å²) in [5.41, 5.74) is 10.9. The summed E-state index contributed by atoms with van der Waals surface area (Å²) in [4.78, 5) is 9.42. The van der Waals surface area contributed by atoms with Gasteiger partial charge in [0, 0.05) is 0 Å². The lowest BCUT2D eigenvalue weighted by atomic mass is 10.1. The summed E-state index contributed by atoms with van der Waals surface area (Å²) in [6.45, 7) is 4.01. The molecule has 0 atom stereocenters. The number of hydrogen-bond acceptors (Lipinski definition) is 5. The fraction of sp³-hybridized carbons (Fsp3) is 0.120. The van der Waals surface area contributed by atoms with E-state index in [1.165, 1.54) is 12.1 Å². The second-order valence-corrected chi connectivity index (χ2v) is 9.95. The van der Waals surface area contributed by atoms with Crippen LogP contribution in [0.2, 0.25) is 0 Å². The van der Waals surface area contributed by atoms with Gasteiger partial charge in [-0.25, -0.2) is 22.8 Å². The minimum absolute atomic E-state index is 0.0443. The van der Waals surface area contributed by atoms with Gasteiger partial charge in [-0.3, -0.25) is 0 Å². The van der Waals surface area contributed by atoms with Gasteiger partial charge in [0.15, 0.2) is 5.65 Å². The van der Waals surface area contributed by atoms with Gasteiger partial charge in [-0.15, -0.1) is 0 Å². The van der Waals surface area contributed by atoms with Crippen LogP contribution in [0.25, 0.3) is 22.2 Å². The Morgan fingerprint density at radius 2 is 1.58 bits per heavy atom. The summed E-state index contributed by atoms with van der Waals surface area (Å²) in [6.07, 6.45) is 0. The molecule has 3 aromatic carbocycles. The van der Waals surface area contributed by atoms with E-state index in [2.05, 4.69) is 4.98 Å². The number of nitrogen functional groups attached to an aromatic ring is 1. The first kappa shape index (κ1) is 21.1. The van der Waals surface area contributed by atoms with E-state index in [0.717, 1.165) is 16.7 Å². The zero-order chi connectivity index (χ0) is 23.3. The summed E-state index contributed by atoms with van der Waals surface area (Å²) in [5, 5.41) is 0. The SMILES string of the molecule is Cc1ccc(S(=O)(=O)c2c(N)n(Cc3ccc(F)cc3)c3nc4ccccc4nc23)cc1C. The number of para-hydroxylation sites is 2. The number of hydrogen-bond donors (Lipinski definition) is 1. The summed E-state index contributed by atoms with van der Waals surface area (Å²) >= 11 is 0. The number of aromatic nitrogens is 3. The van der Waals surface area contributed by atoms with Gasteiger partial charge in [0.2, 0.25) is 9.84 Å². The first-order valence-corrected chi connectivity index (χ1v) is 11.9. The van der Waals surface area contributed by atoms with Crippen molar-refractivity contribution in [3.05, 3.63) is 89.2 Å². The van der Waals surface area contributed by atoms with Crippen molar-refractivity contribution in [3.63, 3.8) is 0 Å². The van der Waals surface area contributed by atoms with Crippen molar-refractivity contribution >= 4 is 37.9 Å². The van der Waals surface area contributed by atoms with E-state index in [9.17, 15) is 12.8 Å². The highest BCUT2D eigenvalue weighted by atomic mass is 32.2. The molecule has 0 aliphatic heterocycles. The molecule has 0 radical (unpaired) electrons. The molecule has 0 saturated carbocycles. The van der Waals surface area contributed by atoms with Gasteiger partial charge in [-0.05, 0) is 66.9 Å². The molecular weight excluding hydrogens is 439 g/mol. The predicted octanol–water partition coefficient (Wildman–Crippen LogP) is 4.80. The zero-order valence-electron chi connectivity index (χ0n) is 18.1. The summed E-state index contributed by atoms with van der Waals surface area (Å²) < 4.78 is 42.6. The molecule has 2 heterocycles. The quantitative estimate of drug-likeness (QED) is 0.416. The van der Waals surface area contributed by atoms with Crippen LogP contribution in [0, 0.1) is 19.7 Å². The lowest BCUT2D eigenvalue weighted by Gasteiger charge is -2.09. The maximum absolute atomic E-state index is 13.8. The topological polar surface area (TPSA) is 90.9 Å². The van der Waals surface area contributed by atoms with Gasteiger partial charge >= 0.3 is 0 Å². The van der Waals surface area contributed by atoms with Gasteiger partial charge < -0.3 is 10.3 Å². The number of nitrogens with zero attached hydrogens (tertiary/aromatic N) is 3. The van der Waals surface area contributed by atoms with Crippen LogP contribution in [-0.2, 0) is 16.4 Å². The van der Waals surface area contributed by atoms with Crippen molar-refractivity contribution in [3.8, 4) is 0 Å². The lowest BCUT2D eigenvalue weighted by Crippen LogP contribution is -2.09. The van der Waals surface area contributed by atoms with Crippen LogP contribution >= 0.6 is 0 Å². The molecule has 166 valence electrons. The molecule has 2 aromatic heterocycles. The van der Waals surface area contributed by atoms with Crippen molar-refractivity contribution in [2.45, 2.75) is 30.2 Å². The highest BCUT2D eigenvalue weighted by Gasteiger charge is 2.30. The smallest absolute Gasteiger partial charge is 0.212 e. The molecule has 5 rings (SSSR count). The Morgan fingerprint density at radius 1 is 0.909 bits per heavy atom. The van der Waals surface area contributed by atoms with Gasteiger partial charge in [0.05, 0.1) is 22.5 Å². The van der Waals surface area contributed by atoms with Gasteiger partial charge in [-0.1, -0.05) is 30.3 Å². The number of fused-ring (bicyclic) bond motifs is 2. The molecule has 0 unspecified atom stereocenters. The second kappa shape index (κ2) is 7.67. The molecule has 0 saturated heterocycles. The maximum Gasteiger partial charge on any atom is 0.212 e. The molecule has 0 aliphatic rings. The van der Waals surface area contributed by atoms with E-state index >= 15 is 0 Å². The molecule has 8 heteroatoms. The number of halogens is 1. The number of rotatable bonds is 4. The van der Waals surface area contributed by atoms with Crippen molar-refractivity contribution in [2.75, 3.05) is 5.73 Å². The zero-order valence-corrected chi connectivity index (χ0v) is 18.9. The molecule has 33 heavy (non-hydrogen) atoms. The molecule has 0 spiro atoms. The third kappa shape index (κ3) is 3.52. The van der Waals surface area contributed by atoms with Crippen LogP contribution in [-0.4, -0.2) is 23.0 Å². The van der Waals surface area contributed by atoms with Crippen molar-refractivity contribution in [2.24, 2.45) is 0 Å². The molecule has 0 fully saturated rings. The van der Waals surface area contributed by atoms with E-state index in [1.54, 1.807) is 41.0 Å². The number of aryl methyl sites for hydroxylation is 2. The third-order valence-corrected chi connectivity index (χ3v) is 7.67. The minimum atomic E-state index is -3.99. The van der Waals surface area contributed by atoms with E-state index in [0.29, 0.717) is 16.7 Å². The Morgan fingerprint density at radius 3 is 2.24 bits per heavy atom. The van der Waals surface area contributed by atoms with Crippen LogP contribution in [0.3, 0.4) is 0 Å². The monoisotopic (exact) mass is 460 g/mol. The molecule has 0 bridgehead atoms. The predicted molar refractivity (Wildman–Crippen MR) is 126 cm³/mol. The highest BCUT2D eigenvalue weighted by molar-refractivity contribution is 7.92. The van der Waals surface area contributed by atoms with E-state index in [1.807, 2.05) is 32.0 Å². The van der Waals surface area contributed by atoms with Gasteiger partial charge in [-0.2, -0.15) is 0 Å². The summed E-state index contributed by atoms with van der Waals surface area (Å²) in [6, 6.07) is 18.2. The Balaban J connectivity index is 1.80. The van der Waals surface area contributed by atoms with Crippen molar-refractivity contribution in [1.82, 2.24) is 14.5 Å². The third-order valence-electron chi connectivity index (χ3n) is 5.86. The second-order valence-electron chi connectivity index (χ2n) is 8.06. The number of sulfone groups is 1. The molecule has 0 aliphatic carbocycles. The summed E-state index contributed by atoms with van der Waals surface area (Å²) in [5.74, 6) is -0.310. The van der Waals surface area contributed by atoms with Crippen LogP contribution in [0.15, 0.2) is 76.5 Å². The van der Waals surface area contributed by atoms with Crippen LogP contribution in [0.4, 0.5) is 10.2 Å². The average molecular weight is 461 g/mol. The normalized spacial score (nSPS) is 12.0. The first-order valence-electron chi connectivity index (χ1n) is 10.4. The number of benzene rings is 3. The molecule has 6 nitrogen and oxygen atoms in total. The Kier molecular flexibility index (Phi) is 4.90. The van der Waals surface area contributed by atoms with Gasteiger partial charge in [0.25, 0.3) is 0 Å². The molecule has 0 amide bonds. The molecule has 5 aromatic rings. The fourth-order valence-corrected chi connectivity index (χ4v) is 5.48. The van der Waals surface area contributed by atoms with Gasteiger partial charge in [0.1, 0.15) is 22.0 Å². The number of anilines is 1. The van der Waals surface area contributed by atoms with E-state index in [-0.39, 0.29) is 33.5 Å². The van der Waals surface area contributed by atoms with Crippen molar-refractivity contribution < 1.29 is 12.8 Å². The molecule has 2 N–H and O–H groups in total. The lowest BCUT2D eigenvalue weighted by molar-refractivity contribution is 0.596. The van der Waals surface area contributed by atoms with E-state index in [4.69, 9.17) is 10.7 Å². The molecular formula is C25H21FN4O2S. The number of nitrogens with two attached hydrogens (primary N) is 1. The van der Waals surface area contributed by atoms with Crippen LogP contribution in [0.5, 0.6) is 0 Å². The first-order chi connectivity index (χ1) is 15.8. The minimum Gasteiger partial charge on any atom is -0.384 e. The average Bonchev–Trinajstić information content (AvgIpc) is 3.06. The Labute approximate surface area is 190 Å². The Hall–Kier alpha value is -3.78. The van der Waals surface area contributed by atoms with Crippen LogP contribution in [0.1, 0.15) is 16.7 Å².